The van der Waals surface area contributed by atoms with Crippen LogP contribution in [0.2, 0.25) is 0 Å². The van der Waals surface area contributed by atoms with Crippen molar-refractivity contribution in [3.63, 3.8) is 0 Å². The summed E-state index contributed by atoms with van der Waals surface area (Å²) < 4.78 is 27.2. The zero-order chi connectivity index (χ0) is 21.6. The number of phenolic OH excluding ortho intramolecular Hbond substituents is 1. The molecule has 0 radical (unpaired) electrons. The lowest BCUT2D eigenvalue weighted by molar-refractivity contribution is 0.102. The van der Waals surface area contributed by atoms with Crippen LogP contribution in [-0.2, 0) is 10.0 Å². The van der Waals surface area contributed by atoms with E-state index in [4.69, 9.17) is 0 Å². The molecule has 0 atom stereocenters. The van der Waals surface area contributed by atoms with Crippen molar-refractivity contribution in [2.75, 3.05) is 5.32 Å². The second-order valence-electron chi connectivity index (χ2n) is 6.55. The number of hydrogen-bond acceptors (Lipinski definition) is 5. The summed E-state index contributed by atoms with van der Waals surface area (Å²) in [5.74, 6) is -0.313. The summed E-state index contributed by atoms with van der Waals surface area (Å²) in [4.78, 5) is 16.3. The number of aromatic hydroxyl groups is 1. The molecule has 2 aromatic carbocycles. The monoisotopic (exact) mass is 413 g/mol. The van der Waals surface area contributed by atoms with Gasteiger partial charge in [0.1, 0.15) is 11.6 Å². The van der Waals surface area contributed by atoms with E-state index in [2.05, 4.69) is 21.6 Å². The number of sulfonamides is 1. The first-order chi connectivity index (χ1) is 13.6. The van der Waals surface area contributed by atoms with Crippen LogP contribution < -0.4 is 10.0 Å². The fourth-order valence-corrected chi connectivity index (χ4v) is 3.40. The van der Waals surface area contributed by atoms with E-state index < -0.39 is 10.0 Å². The molecule has 0 fully saturated rings. The number of rotatable bonds is 7. The van der Waals surface area contributed by atoms with Gasteiger partial charge >= 0.3 is 0 Å². The van der Waals surface area contributed by atoms with Gasteiger partial charge in [0.25, 0.3) is 15.9 Å². The Hall–Kier alpha value is -3.39. The number of allylic oxidation sites excluding steroid dienone is 2. The molecule has 29 heavy (non-hydrogen) atoms. The summed E-state index contributed by atoms with van der Waals surface area (Å²) in [6.45, 7) is 9.20. The summed E-state index contributed by atoms with van der Waals surface area (Å²) >= 11 is 0. The van der Waals surface area contributed by atoms with Crippen molar-refractivity contribution >= 4 is 27.3 Å². The van der Waals surface area contributed by atoms with Crippen LogP contribution in [0.15, 0.2) is 82.5 Å². The van der Waals surface area contributed by atoms with Crippen LogP contribution in [0.3, 0.4) is 0 Å². The number of carbonyl (C=O) groups is 1. The minimum Gasteiger partial charge on any atom is -0.508 e. The normalized spacial score (nSPS) is 11.5. The van der Waals surface area contributed by atoms with Gasteiger partial charge in [0.2, 0.25) is 0 Å². The topological polar surface area (TPSA) is 108 Å². The second-order valence-corrected chi connectivity index (χ2v) is 8.23. The molecular weight excluding hydrogens is 390 g/mol. The Morgan fingerprint density at radius 1 is 1.03 bits per heavy atom. The number of benzene rings is 2. The molecule has 3 N–H and O–H groups in total. The Morgan fingerprint density at radius 3 is 2.17 bits per heavy atom. The summed E-state index contributed by atoms with van der Waals surface area (Å²) in [5.41, 5.74) is 2.46. The van der Waals surface area contributed by atoms with E-state index in [9.17, 15) is 18.3 Å². The van der Waals surface area contributed by atoms with Crippen molar-refractivity contribution in [3.8, 4) is 5.75 Å². The predicted octanol–water partition coefficient (Wildman–Crippen LogP) is 3.82. The molecule has 1 amide bonds. The Labute approximate surface area is 170 Å². The third-order valence-electron chi connectivity index (χ3n) is 3.61. The van der Waals surface area contributed by atoms with Gasteiger partial charge in [0, 0.05) is 17.0 Å². The molecule has 8 heteroatoms. The number of anilines is 1. The van der Waals surface area contributed by atoms with Gasteiger partial charge in [-0.3, -0.25) is 9.52 Å². The summed E-state index contributed by atoms with van der Waals surface area (Å²) in [6, 6.07) is 11.5. The maximum absolute atomic E-state index is 12.5. The van der Waals surface area contributed by atoms with E-state index >= 15 is 0 Å². The Morgan fingerprint density at radius 2 is 1.62 bits per heavy atom. The Bertz CT molecular complexity index is 1060. The van der Waals surface area contributed by atoms with Gasteiger partial charge in [-0.15, -0.1) is 0 Å². The molecule has 0 saturated carbocycles. The Balaban J connectivity index is 2.08. The highest BCUT2D eigenvalue weighted by Gasteiger charge is 2.15. The first-order valence-corrected chi connectivity index (χ1v) is 10.2. The van der Waals surface area contributed by atoms with Gasteiger partial charge in [-0.25, -0.2) is 13.4 Å². The first-order valence-electron chi connectivity index (χ1n) is 8.69. The summed E-state index contributed by atoms with van der Waals surface area (Å²) in [6.07, 6.45) is 1.81. The van der Waals surface area contributed by atoms with Crippen LogP contribution in [0.25, 0.3) is 0 Å². The van der Waals surface area contributed by atoms with Crippen LogP contribution in [0, 0.1) is 0 Å². The third kappa shape index (κ3) is 6.62. The maximum Gasteiger partial charge on any atom is 0.263 e. The quantitative estimate of drug-likeness (QED) is 0.600. The molecule has 152 valence electrons. The van der Waals surface area contributed by atoms with E-state index in [0.717, 1.165) is 5.57 Å². The van der Waals surface area contributed by atoms with Crippen molar-refractivity contribution in [2.24, 2.45) is 4.99 Å². The smallest absolute Gasteiger partial charge is 0.263 e. The molecule has 7 nitrogen and oxygen atoms in total. The predicted molar refractivity (Wildman–Crippen MR) is 115 cm³/mol. The molecular formula is C21H23N3O4S. The first kappa shape index (κ1) is 21.9. The standard InChI is InChI=1S/C21H23N3O4S/c1-14(2)13-15(3)22-16(4)24-29(27,28)20-11-7-18(8-12-20)23-21(26)17-5-9-19(25)10-6-17/h5-13,24-25H,4H2,1-3H3,(H,23,26)/b22-15-. The van der Waals surface area contributed by atoms with Gasteiger partial charge < -0.3 is 10.4 Å². The van der Waals surface area contributed by atoms with Crippen molar-refractivity contribution in [3.05, 3.63) is 78.1 Å². The van der Waals surface area contributed by atoms with Crippen LogP contribution >= 0.6 is 0 Å². The molecule has 0 aliphatic carbocycles. The van der Waals surface area contributed by atoms with Crippen molar-refractivity contribution in [2.45, 2.75) is 25.7 Å². The van der Waals surface area contributed by atoms with Crippen molar-refractivity contribution < 1.29 is 18.3 Å². The van der Waals surface area contributed by atoms with Gasteiger partial charge in [0.05, 0.1) is 4.90 Å². The minimum atomic E-state index is -3.85. The molecule has 0 heterocycles. The minimum absolute atomic E-state index is 0.00436. The van der Waals surface area contributed by atoms with E-state index in [0.29, 0.717) is 17.0 Å². The molecule has 0 aliphatic rings. The van der Waals surface area contributed by atoms with E-state index in [1.165, 1.54) is 48.5 Å². The summed E-state index contributed by atoms with van der Waals surface area (Å²) in [7, 11) is -3.85. The molecule has 0 unspecified atom stereocenters. The molecule has 0 aromatic heterocycles. The zero-order valence-corrected chi connectivity index (χ0v) is 17.2. The number of amides is 1. The largest absolute Gasteiger partial charge is 0.508 e. The van der Waals surface area contributed by atoms with Crippen LogP contribution in [0.5, 0.6) is 5.75 Å². The van der Waals surface area contributed by atoms with E-state index in [1.807, 2.05) is 19.9 Å². The lowest BCUT2D eigenvalue weighted by Gasteiger charge is -2.09. The number of nitrogens with zero attached hydrogens (tertiary/aromatic N) is 1. The number of aliphatic imine (C=N–C) groups is 1. The van der Waals surface area contributed by atoms with Crippen molar-refractivity contribution in [1.29, 1.82) is 0 Å². The van der Waals surface area contributed by atoms with Crippen LogP contribution in [0.4, 0.5) is 5.69 Å². The van der Waals surface area contributed by atoms with Gasteiger partial charge in [-0.05, 0) is 75.4 Å². The van der Waals surface area contributed by atoms with Gasteiger partial charge in [-0.1, -0.05) is 12.2 Å². The maximum atomic E-state index is 12.5. The average Bonchev–Trinajstić information content (AvgIpc) is 2.61. The fraction of sp³-hybridized carbons (Fsp3) is 0.143. The SMILES string of the molecule is C=C(/N=C(/C)C=C(C)C)NS(=O)(=O)c1ccc(NC(=O)c2ccc(O)cc2)cc1. The van der Waals surface area contributed by atoms with Crippen LogP contribution in [-0.4, -0.2) is 25.1 Å². The zero-order valence-electron chi connectivity index (χ0n) is 16.4. The van der Waals surface area contributed by atoms with Crippen LogP contribution in [0.1, 0.15) is 31.1 Å². The Kier molecular flexibility index (Phi) is 6.95. The average molecular weight is 413 g/mol. The van der Waals surface area contributed by atoms with Gasteiger partial charge in [0.15, 0.2) is 0 Å². The highest BCUT2D eigenvalue weighted by atomic mass is 32.2. The molecule has 0 bridgehead atoms. The fourth-order valence-electron chi connectivity index (χ4n) is 2.43. The molecule has 2 rings (SSSR count). The van der Waals surface area contributed by atoms with Gasteiger partial charge in [-0.2, -0.15) is 0 Å². The van der Waals surface area contributed by atoms with Crippen molar-refractivity contribution in [1.82, 2.24) is 4.72 Å². The number of phenols is 1. The molecule has 0 aliphatic heterocycles. The number of nitrogens with one attached hydrogen (secondary N) is 2. The second kappa shape index (κ2) is 9.20. The number of hydrogen-bond donors (Lipinski definition) is 3. The number of carbonyl (C=O) groups excluding carboxylic acids is 1. The van der Waals surface area contributed by atoms with E-state index in [-0.39, 0.29) is 22.4 Å². The molecule has 0 spiro atoms. The lowest BCUT2D eigenvalue weighted by Crippen LogP contribution is -2.22. The highest BCUT2D eigenvalue weighted by Crippen LogP contribution is 2.17. The summed E-state index contributed by atoms with van der Waals surface area (Å²) in [5, 5.41) is 11.9. The molecule has 2 aromatic rings. The van der Waals surface area contributed by atoms with E-state index in [1.54, 1.807) is 6.92 Å². The molecule has 0 saturated heterocycles. The third-order valence-corrected chi connectivity index (χ3v) is 5.01. The lowest BCUT2D eigenvalue weighted by atomic mass is 10.2. The highest BCUT2D eigenvalue weighted by molar-refractivity contribution is 7.89.